The number of nitrogens with zero attached hydrogens (tertiary/aromatic N) is 1. The van der Waals surface area contributed by atoms with Gasteiger partial charge in [0.25, 0.3) is 0 Å². The monoisotopic (exact) mass is 173 g/mol. The van der Waals surface area contributed by atoms with E-state index in [0.717, 1.165) is 23.7 Å². The fraction of sp³-hybridized carbons (Fsp3) is 0.625. The van der Waals surface area contributed by atoms with Crippen LogP contribution in [0.5, 0.6) is 0 Å². The van der Waals surface area contributed by atoms with E-state index in [1.165, 1.54) is 0 Å². The third-order valence-electron chi connectivity index (χ3n) is 1.92. The smallest absolute Gasteiger partial charge is 0.240 e. The van der Waals surface area contributed by atoms with Crippen LogP contribution < -0.4 is 0 Å². The van der Waals surface area contributed by atoms with E-state index in [1.54, 1.807) is 7.05 Å². The van der Waals surface area contributed by atoms with Gasteiger partial charge in [0.15, 0.2) is 0 Å². The van der Waals surface area contributed by atoms with Crippen LogP contribution in [0.4, 0.5) is 0 Å². The van der Waals surface area contributed by atoms with Crippen molar-refractivity contribution in [2.45, 2.75) is 19.3 Å². The standard InChI is InChI=1S/C8H12ClNO/c1-10(9)8(11)7-5-3-2-4-6-7/h2-3,7H,4-6H2,1H3. The number of rotatable bonds is 1. The quantitative estimate of drug-likeness (QED) is 0.439. The van der Waals surface area contributed by atoms with Crippen molar-refractivity contribution in [3.05, 3.63) is 12.2 Å². The second-order valence-electron chi connectivity index (χ2n) is 2.80. The van der Waals surface area contributed by atoms with Crippen molar-refractivity contribution < 1.29 is 4.79 Å². The van der Waals surface area contributed by atoms with E-state index >= 15 is 0 Å². The van der Waals surface area contributed by atoms with Crippen LogP contribution in [-0.4, -0.2) is 17.4 Å². The van der Waals surface area contributed by atoms with Gasteiger partial charge in [-0.3, -0.25) is 9.21 Å². The van der Waals surface area contributed by atoms with Crippen LogP contribution in [0, 0.1) is 5.92 Å². The Bertz CT molecular complexity index is 177. The van der Waals surface area contributed by atoms with Crippen LogP contribution in [0.15, 0.2) is 12.2 Å². The van der Waals surface area contributed by atoms with E-state index in [9.17, 15) is 4.79 Å². The molecule has 0 spiro atoms. The third-order valence-corrected chi connectivity index (χ3v) is 2.09. The van der Waals surface area contributed by atoms with Gasteiger partial charge in [-0.2, -0.15) is 0 Å². The molecule has 0 N–H and O–H groups in total. The SMILES string of the molecule is CN(Cl)C(=O)C1CC=CCC1. The lowest BCUT2D eigenvalue weighted by atomic mass is 9.94. The van der Waals surface area contributed by atoms with Crippen molar-refractivity contribution in [2.75, 3.05) is 7.05 Å². The molecule has 3 heteroatoms. The second kappa shape index (κ2) is 3.77. The Morgan fingerprint density at radius 1 is 1.64 bits per heavy atom. The Hall–Kier alpha value is -0.500. The fourth-order valence-corrected chi connectivity index (χ4v) is 1.41. The minimum absolute atomic E-state index is 0.0380. The summed E-state index contributed by atoms with van der Waals surface area (Å²) >= 11 is 5.52. The highest BCUT2D eigenvalue weighted by molar-refractivity contribution is 6.21. The van der Waals surface area contributed by atoms with Gasteiger partial charge in [0.2, 0.25) is 5.91 Å². The maximum Gasteiger partial charge on any atom is 0.240 e. The van der Waals surface area contributed by atoms with Crippen LogP contribution in [-0.2, 0) is 4.79 Å². The van der Waals surface area contributed by atoms with Gasteiger partial charge < -0.3 is 0 Å². The molecule has 0 bridgehead atoms. The molecule has 0 aromatic heterocycles. The molecule has 0 aromatic carbocycles. The summed E-state index contributed by atoms with van der Waals surface area (Å²) in [6.45, 7) is 0. The lowest BCUT2D eigenvalue weighted by Crippen LogP contribution is -2.26. The van der Waals surface area contributed by atoms with Crippen LogP contribution >= 0.6 is 11.8 Å². The van der Waals surface area contributed by atoms with Crippen LogP contribution in [0.25, 0.3) is 0 Å². The van der Waals surface area contributed by atoms with E-state index in [2.05, 4.69) is 6.08 Å². The molecule has 2 nitrogen and oxygen atoms in total. The van der Waals surface area contributed by atoms with Gasteiger partial charge in [-0.1, -0.05) is 12.2 Å². The molecule has 0 saturated heterocycles. The molecule has 1 amide bonds. The number of hydrogen-bond donors (Lipinski definition) is 0. The van der Waals surface area contributed by atoms with Crippen molar-refractivity contribution >= 4 is 17.7 Å². The van der Waals surface area contributed by atoms with Gasteiger partial charge in [0.1, 0.15) is 0 Å². The number of carbonyl (C=O) groups excluding carboxylic acids is 1. The van der Waals surface area contributed by atoms with Crippen LogP contribution in [0.2, 0.25) is 0 Å². The number of halogens is 1. The molecule has 1 unspecified atom stereocenters. The van der Waals surface area contributed by atoms with Crippen molar-refractivity contribution in [1.82, 2.24) is 4.42 Å². The number of allylic oxidation sites excluding steroid dienone is 2. The minimum Gasteiger partial charge on any atom is -0.273 e. The van der Waals surface area contributed by atoms with Gasteiger partial charge in [-0.15, -0.1) is 0 Å². The summed E-state index contributed by atoms with van der Waals surface area (Å²) in [5.74, 6) is 0.151. The molecule has 1 aliphatic carbocycles. The molecule has 0 aromatic rings. The molecule has 1 rings (SSSR count). The summed E-state index contributed by atoms with van der Waals surface area (Å²) < 4.78 is 1.16. The zero-order valence-electron chi connectivity index (χ0n) is 6.59. The highest BCUT2D eigenvalue weighted by Gasteiger charge is 2.20. The van der Waals surface area contributed by atoms with Gasteiger partial charge in [0, 0.05) is 24.7 Å². The average molecular weight is 174 g/mol. The fourth-order valence-electron chi connectivity index (χ4n) is 1.27. The van der Waals surface area contributed by atoms with Crippen molar-refractivity contribution in [3.63, 3.8) is 0 Å². The van der Waals surface area contributed by atoms with Crippen LogP contribution in [0.1, 0.15) is 19.3 Å². The summed E-state index contributed by atoms with van der Waals surface area (Å²) in [6, 6.07) is 0. The van der Waals surface area contributed by atoms with Crippen molar-refractivity contribution in [1.29, 1.82) is 0 Å². The predicted molar refractivity (Wildman–Crippen MR) is 45.1 cm³/mol. The normalized spacial score (nSPS) is 23.3. The molecular weight excluding hydrogens is 162 g/mol. The summed E-state index contributed by atoms with van der Waals surface area (Å²) in [5, 5.41) is 0. The van der Waals surface area contributed by atoms with Crippen molar-refractivity contribution in [3.8, 4) is 0 Å². The van der Waals surface area contributed by atoms with Gasteiger partial charge in [0.05, 0.1) is 0 Å². The van der Waals surface area contributed by atoms with E-state index in [4.69, 9.17) is 11.8 Å². The van der Waals surface area contributed by atoms with Gasteiger partial charge in [-0.25, -0.2) is 0 Å². The molecular formula is C8H12ClNO. The molecule has 0 saturated carbocycles. The Morgan fingerprint density at radius 3 is 2.82 bits per heavy atom. The highest BCUT2D eigenvalue weighted by Crippen LogP contribution is 2.20. The van der Waals surface area contributed by atoms with E-state index in [-0.39, 0.29) is 11.8 Å². The Balaban J connectivity index is 2.47. The molecule has 62 valence electrons. The first-order valence-corrected chi connectivity index (χ1v) is 4.14. The minimum atomic E-state index is 0.0380. The predicted octanol–water partition coefficient (Wildman–Crippen LogP) is 1.95. The molecule has 1 aliphatic rings. The molecule has 0 heterocycles. The maximum absolute atomic E-state index is 11.3. The average Bonchev–Trinajstić information content (AvgIpc) is 2.05. The van der Waals surface area contributed by atoms with Gasteiger partial charge in [-0.05, 0) is 19.3 Å². The largest absolute Gasteiger partial charge is 0.273 e. The first kappa shape index (κ1) is 8.60. The lowest BCUT2D eigenvalue weighted by molar-refractivity contribution is -0.130. The van der Waals surface area contributed by atoms with Crippen LogP contribution in [0.3, 0.4) is 0 Å². The Morgan fingerprint density at radius 2 is 2.36 bits per heavy atom. The lowest BCUT2D eigenvalue weighted by Gasteiger charge is -2.18. The van der Waals surface area contributed by atoms with E-state index in [1.807, 2.05) is 6.08 Å². The number of carbonyl (C=O) groups is 1. The highest BCUT2D eigenvalue weighted by atomic mass is 35.5. The number of hydrogen-bond acceptors (Lipinski definition) is 1. The van der Waals surface area contributed by atoms with E-state index < -0.39 is 0 Å². The molecule has 0 fully saturated rings. The summed E-state index contributed by atoms with van der Waals surface area (Å²) in [4.78, 5) is 11.3. The first-order chi connectivity index (χ1) is 5.22. The van der Waals surface area contributed by atoms with Gasteiger partial charge >= 0.3 is 0 Å². The second-order valence-corrected chi connectivity index (χ2v) is 3.30. The Labute approximate surface area is 71.9 Å². The van der Waals surface area contributed by atoms with E-state index in [0.29, 0.717) is 0 Å². The maximum atomic E-state index is 11.3. The number of amides is 1. The molecule has 0 radical (unpaired) electrons. The summed E-state index contributed by atoms with van der Waals surface area (Å²) in [6.07, 6.45) is 6.94. The zero-order valence-corrected chi connectivity index (χ0v) is 7.34. The third kappa shape index (κ3) is 2.22. The molecule has 0 aliphatic heterocycles. The summed E-state index contributed by atoms with van der Waals surface area (Å²) in [5.41, 5.74) is 0. The zero-order chi connectivity index (χ0) is 8.27. The van der Waals surface area contributed by atoms with Crippen molar-refractivity contribution in [2.24, 2.45) is 5.92 Å². The molecule has 1 atom stereocenters. The summed E-state index contributed by atoms with van der Waals surface area (Å²) in [7, 11) is 1.59. The first-order valence-electron chi connectivity index (χ1n) is 3.80. The Kier molecular flexibility index (Phi) is 2.94. The topological polar surface area (TPSA) is 20.3 Å². The molecule has 11 heavy (non-hydrogen) atoms.